The van der Waals surface area contributed by atoms with Crippen molar-refractivity contribution < 1.29 is 0 Å². The Labute approximate surface area is 324 Å². The van der Waals surface area contributed by atoms with Gasteiger partial charge in [0.25, 0.3) is 0 Å². The average Bonchev–Trinajstić information content (AvgIpc) is 4.06. The molecule has 2 aromatic carbocycles. The lowest BCUT2D eigenvalue weighted by molar-refractivity contribution is 0.463. The lowest BCUT2D eigenvalue weighted by Gasteiger charge is -2.25. The number of unbranched alkanes of at least 4 members (excludes halogenated alkanes) is 1. The van der Waals surface area contributed by atoms with Gasteiger partial charge in [-0.05, 0) is 117 Å². The van der Waals surface area contributed by atoms with Gasteiger partial charge in [-0.1, -0.05) is 134 Å². The molecule has 0 amide bonds. The lowest BCUT2D eigenvalue weighted by Crippen LogP contribution is -2.45. The molecule has 0 radical (unpaired) electrons. The van der Waals surface area contributed by atoms with Crippen LogP contribution in [0.1, 0.15) is 115 Å². The first-order valence-electron chi connectivity index (χ1n) is 20.1. The minimum absolute atomic E-state index is 0.139. The second-order valence-corrected chi connectivity index (χ2v) is 15.1. The molecule has 280 valence electrons. The van der Waals surface area contributed by atoms with E-state index in [0.717, 1.165) is 74.6 Å². The van der Waals surface area contributed by atoms with E-state index in [9.17, 15) is 0 Å². The number of nitrogens with zero attached hydrogens (tertiary/aromatic N) is 1. The van der Waals surface area contributed by atoms with Gasteiger partial charge in [0.2, 0.25) is 0 Å². The molecule has 5 nitrogen and oxygen atoms in total. The van der Waals surface area contributed by atoms with Crippen molar-refractivity contribution in [2.75, 3.05) is 0 Å². The van der Waals surface area contributed by atoms with E-state index in [-0.39, 0.29) is 18.4 Å². The first-order valence-corrected chi connectivity index (χ1v) is 20.1. The van der Waals surface area contributed by atoms with Crippen LogP contribution in [0.25, 0.3) is 5.57 Å². The number of rotatable bonds is 16. The van der Waals surface area contributed by atoms with Crippen LogP contribution >= 0.6 is 0 Å². The Morgan fingerprint density at radius 2 is 1.76 bits per heavy atom. The molecule has 0 saturated heterocycles. The summed E-state index contributed by atoms with van der Waals surface area (Å²) in [4.78, 5) is 5.31. The third kappa shape index (κ3) is 11.3. The molecule has 0 aromatic heterocycles. The molecular formula is C49H59N5. The number of amidine groups is 1. The van der Waals surface area contributed by atoms with Crippen LogP contribution in [0.3, 0.4) is 0 Å². The highest BCUT2D eigenvalue weighted by Gasteiger charge is 2.22. The van der Waals surface area contributed by atoms with Crippen molar-refractivity contribution in [2.24, 2.45) is 4.99 Å². The zero-order valence-corrected chi connectivity index (χ0v) is 32.8. The highest BCUT2D eigenvalue weighted by Crippen LogP contribution is 2.29. The summed E-state index contributed by atoms with van der Waals surface area (Å²) in [5.74, 6) is 0.445. The summed E-state index contributed by atoms with van der Waals surface area (Å²) in [6.45, 7) is 8.86. The smallest absolute Gasteiger partial charge is 0.126 e. The molecular weight excluding hydrogens is 659 g/mol. The van der Waals surface area contributed by atoms with Crippen molar-refractivity contribution >= 4 is 17.1 Å². The van der Waals surface area contributed by atoms with Crippen molar-refractivity contribution in [3.8, 4) is 0 Å². The predicted octanol–water partition coefficient (Wildman–Crippen LogP) is 11.7. The topological polar surface area (TPSA) is 72.3 Å². The van der Waals surface area contributed by atoms with Gasteiger partial charge in [-0.25, -0.2) is 0 Å². The van der Waals surface area contributed by atoms with E-state index in [0.29, 0.717) is 5.84 Å². The van der Waals surface area contributed by atoms with E-state index in [2.05, 4.69) is 165 Å². The molecule has 6 rings (SSSR count). The van der Waals surface area contributed by atoms with Gasteiger partial charge in [-0.15, -0.1) is 0 Å². The number of allylic oxidation sites excluding steroid dienone is 14. The predicted molar refractivity (Wildman–Crippen MR) is 230 cm³/mol. The van der Waals surface area contributed by atoms with Crippen LogP contribution in [0, 0.1) is 5.41 Å². The van der Waals surface area contributed by atoms with Crippen LogP contribution in [-0.2, 0) is 0 Å². The fraction of sp³-hybridized carbons (Fsp3) is 0.347. The summed E-state index contributed by atoms with van der Waals surface area (Å²) in [6, 6.07) is 19.7. The van der Waals surface area contributed by atoms with Gasteiger partial charge in [-0.2, -0.15) is 0 Å². The molecule has 0 spiro atoms. The highest BCUT2D eigenvalue weighted by atomic mass is 15.2. The third-order valence-corrected chi connectivity index (χ3v) is 10.4. The molecule has 4 N–H and O–H groups in total. The van der Waals surface area contributed by atoms with Crippen LogP contribution < -0.4 is 16.0 Å². The summed E-state index contributed by atoms with van der Waals surface area (Å²) in [7, 11) is 0. The zero-order valence-electron chi connectivity index (χ0n) is 32.8. The van der Waals surface area contributed by atoms with E-state index in [1.165, 1.54) is 51.1 Å². The normalized spacial score (nSPS) is 19.1. The monoisotopic (exact) mass is 717 g/mol. The minimum atomic E-state index is -0.159. The molecule has 0 saturated carbocycles. The summed E-state index contributed by atoms with van der Waals surface area (Å²) in [6.07, 6.45) is 34.7. The molecule has 5 heteroatoms. The maximum absolute atomic E-state index is 9.16. The summed E-state index contributed by atoms with van der Waals surface area (Å²) >= 11 is 0. The van der Waals surface area contributed by atoms with Crippen molar-refractivity contribution in [2.45, 2.75) is 110 Å². The number of aliphatic imine (C=N–C) groups is 1. The minimum Gasteiger partial charge on any atom is -0.365 e. The molecule has 0 aliphatic heterocycles. The largest absolute Gasteiger partial charge is 0.365 e. The first-order chi connectivity index (χ1) is 26.4. The van der Waals surface area contributed by atoms with Crippen molar-refractivity contribution in [3.63, 3.8) is 0 Å². The van der Waals surface area contributed by atoms with Crippen LogP contribution in [-0.4, -0.2) is 23.8 Å². The zero-order chi connectivity index (χ0) is 37.7. The molecule has 0 heterocycles. The van der Waals surface area contributed by atoms with Crippen molar-refractivity contribution in [3.05, 3.63) is 172 Å². The van der Waals surface area contributed by atoms with Gasteiger partial charge in [0, 0.05) is 29.4 Å². The van der Waals surface area contributed by atoms with Crippen LogP contribution in [0.5, 0.6) is 0 Å². The molecule has 2 unspecified atom stereocenters. The second kappa shape index (κ2) is 19.4. The van der Waals surface area contributed by atoms with Crippen LogP contribution in [0.2, 0.25) is 0 Å². The molecule has 54 heavy (non-hydrogen) atoms. The van der Waals surface area contributed by atoms with Crippen molar-refractivity contribution in [1.82, 2.24) is 16.0 Å². The van der Waals surface area contributed by atoms with Gasteiger partial charge < -0.3 is 10.6 Å². The SMILES string of the molecule is CCC/C=C(\C)C[C@@H](C)NC(/N=C(\C)c1cccc(C2=CCCCC(C(NC(=N)C3=CCC(C4=CCCC=C4)=CC=C3)NC3=CC3)=C2)c1)c1ccccc1. The number of hydrogen-bond donors (Lipinski definition) is 4. The van der Waals surface area contributed by atoms with E-state index in [4.69, 9.17) is 10.4 Å². The summed E-state index contributed by atoms with van der Waals surface area (Å²) < 4.78 is 0. The molecule has 0 bridgehead atoms. The van der Waals surface area contributed by atoms with E-state index < -0.39 is 0 Å². The standard InChI is InChI=1S/C49H59N5/c1-5-6-17-35(2)32-36(3)51-48(41-20-11-8-12-21-41)52-37(4)42-26-16-27-44(33-42)43-22-13-14-23-45(34-43)49(53-46-30-31-46)54-47(50)40-25-15-24-39(28-29-40)38-18-9-7-10-19-38/h8-9,11-12,15-22,24-27,29-30,33-34,36,48-49,51,53H,5-7,10,13-14,23,28,31-32H2,1-4H3,(H2,50,54)/b35-17+,52-37+/t36-,48?,49?/m1/s1. The van der Waals surface area contributed by atoms with Gasteiger partial charge in [0.15, 0.2) is 0 Å². The molecule has 4 aliphatic carbocycles. The van der Waals surface area contributed by atoms with Gasteiger partial charge in [-0.3, -0.25) is 15.7 Å². The summed E-state index contributed by atoms with van der Waals surface area (Å²) in [5, 5.41) is 20.3. The van der Waals surface area contributed by atoms with Crippen LogP contribution in [0.15, 0.2) is 160 Å². The van der Waals surface area contributed by atoms with Crippen LogP contribution in [0.4, 0.5) is 0 Å². The Morgan fingerprint density at radius 3 is 2.54 bits per heavy atom. The highest BCUT2D eigenvalue weighted by molar-refractivity contribution is 6.00. The quantitative estimate of drug-likeness (QED) is 0.0604. The van der Waals surface area contributed by atoms with Gasteiger partial charge in [0.05, 0.1) is 0 Å². The maximum atomic E-state index is 9.16. The average molecular weight is 718 g/mol. The van der Waals surface area contributed by atoms with E-state index in [1.807, 2.05) is 0 Å². The molecule has 0 fully saturated rings. The molecule has 3 atom stereocenters. The molecule has 4 aliphatic rings. The Balaban J connectivity index is 1.20. The van der Waals surface area contributed by atoms with Crippen molar-refractivity contribution in [1.29, 1.82) is 5.41 Å². The summed E-state index contributed by atoms with van der Waals surface area (Å²) in [5.41, 5.74) is 13.2. The third-order valence-electron chi connectivity index (χ3n) is 10.4. The Hall–Kier alpha value is -5.00. The first kappa shape index (κ1) is 38.7. The Kier molecular flexibility index (Phi) is 13.9. The number of benzene rings is 2. The maximum Gasteiger partial charge on any atom is 0.126 e. The van der Waals surface area contributed by atoms with E-state index in [1.54, 1.807) is 0 Å². The fourth-order valence-electron chi connectivity index (χ4n) is 7.32. The van der Waals surface area contributed by atoms with Gasteiger partial charge >= 0.3 is 0 Å². The number of nitrogens with one attached hydrogen (secondary N) is 4. The lowest BCUT2D eigenvalue weighted by atomic mass is 9.97. The fourth-order valence-corrected chi connectivity index (χ4v) is 7.32. The Bertz CT molecular complexity index is 1960. The molecule has 2 aromatic rings. The number of hydrogen-bond acceptors (Lipinski definition) is 4. The van der Waals surface area contributed by atoms with E-state index >= 15 is 0 Å². The Morgan fingerprint density at radius 1 is 0.926 bits per heavy atom. The second-order valence-electron chi connectivity index (χ2n) is 15.1. The van der Waals surface area contributed by atoms with Gasteiger partial charge in [0.1, 0.15) is 18.2 Å².